The predicted molar refractivity (Wildman–Crippen MR) is 81.9 cm³/mol. The summed E-state index contributed by atoms with van der Waals surface area (Å²) in [7, 11) is 0. The maximum atomic E-state index is 9.59. The topological polar surface area (TPSA) is 58.0 Å². The van der Waals surface area contributed by atoms with Gasteiger partial charge in [0.15, 0.2) is 0 Å². The second-order valence-corrected chi connectivity index (χ2v) is 6.49. The first-order valence-corrected chi connectivity index (χ1v) is 7.79. The van der Waals surface area contributed by atoms with Crippen LogP contribution in [0.25, 0.3) is 0 Å². The Morgan fingerprint density at radius 3 is 2.47 bits per heavy atom. The molecule has 108 valence electrons. The summed E-state index contributed by atoms with van der Waals surface area (Å²) in [6, 6.07) is 1.96. The van der Waals surface area contributed by atoms with Gasteiger partial charge in [-0.15, -0.1) is 11.8 Å². The van der Waals surface area contributed by atoms with Gasteiger partial charge in [-0.3, -0.25) is 0 Å². The van der Waals surface area contributed by atoms with Crippen molar-refractivity contribution < 1.29 is 5.11 Å². The highest BCUT2D eigenvalue weighted by Gasteiger charge is 2.14. The zero-order valence-corrected chi connectivity index (χ0v) is 13.3. The fraction of sp³-hybridized carbons (Fsp3) is 0.714. The highest BCUT2D eigenvalue weighted by molar-refractivity contribution is 7.99. The van der Waals surface area contributed by atoms with Gasteiger partial charge in [-0.25, -0.2) is 9.97 Å². The molecule has 2 unspecified atom stereocenters. The molecule has 0 bridgehead atoms. The van der Waals surface area contributed by atoms with Gasteiger partial charge in [0.1, 0.15) is 16.7 Å². The lowest BCUT2D eigenvalue weighted by Crippen LogP contribution is -2.15. The van der Waals surface area contributed by atoms with E-state index >= 15 is 0 Å². The van der Waals surface area contributed by atoms with Crippen molar-refractivity contribution in [3.05, 3.63) is 11.9 Å². The van der Waals surface area contributed by atoms with Crippen LogP contribution in [0.3, 0.4) is 0 Å². The number of thioether (sulfide) groups is 1. The third-order valence-corrected chi connectivity index (χ3v) is 3.99. The van der Waals surface area contributed by atoms with Crippen LogP contribution in [0.1, 0.15) is 52.8 Å². The fourth-order valence-electron chi connectivity index (χ4n) is 1.39. The van der Waals surface area contributed by atoms with Gasteiger partial charge in [-0.2, -0.15) is 0 Å². The summed E-state index contributed by atoms with van der Waals surface area (Å²) in [6.45, 7) is 11.0. The maximum absolute atomic E-state index is 9.59. The molecule has 0 fully saturated rings. The van der Waals surface area contributed by atoms with Gasteiger partial charge in [-0.1, -0.05) is 27.7 Å². The van der Waals surface area contributed by atoms with Crippen LogP contribution in [0.2, 0.25) is 0 Å². The van der Waals surface area contributed by atoms with E-state index in [1.165, 1.54) is 0 Å². The lowest BCUT2D eigenvalue weighted by molar-refractivity contribution is 0.196. The zero-order valence-electron chi connectivity index (χ0n) is 12.5. The molecule has 2 N–H and O–H groups in total. The van der Waals surface area contributed by atoms with Gasteiger partial charge < -0.3 is 10.4 Å². The van der Waals surface area contributed by atoms with E-state index in [4.69, 9.17) is 0 Å². The van der Waals surface area contributed by atoms with Gasteiger partial charge in [-0.05, 0) is 13.3 Å². The van der Waals surface area contributed by atoms with Crippen molar-refractivity contribution >= 4 is 17.6 Å². The Morgan fingerprint density at radius 2 is 1.95 bits per heavy atom. The van der Waals surface area contributed by atoms with Gasteiger partial charge in [0.05, 0.1) is 6.10 Å². The standard InChI is InChI=1S/C14H25N3OS/c1-6-7-15-12-8-13(19-11(5)10(4)18)17-14(16-12)9(2)3/h8-11,18H,6-7H2,1-5H3,(H,15,16,17). The number of aliphatic hydroxyl groups excluding tert-OH is 1. The van der Waals surface area contributed by atoms with Crippen LogP contribution >= 0.6 is 11.8 Å². The minimum absolute atomic E-state index is 0.119. The van der Waals surface area contributed by atoms with Crippen molar-refractivity contribution in [2.75, 3.05) is 11.9 Å². The molecule has 1 aromatic rings. The molecule has 0 amide bonds. The van der Waals surface area contributed by atoms with Crippen LogP contribution in [-0.2, 0) is 0 Å². The number of rotatable bonds is 7. The molecule has 0 saturated carbocycles. The van der Waals surface area contributed by atoms with Crippen molar-refractivity contribution in [3.63, 3.8) is 0 Å². The largest absolute Gasteiger partial charge is 0.392 e. The summed E-state index contributed by atoms with van der Waals surface area (Å²) >= 11 is 1.59. The lowest BCUT2D eigenvalue weighted by Gasteiger charge is -2.15. The Bertz CT molecular complexity index is 396. The lowest BCUT2D eigenvalue weighted by atomic mass is 10.2. The van der Waals surface area contributed by atoms with E-state index in [9.17, 15) is 5.11 Å². The predicted octanol–water partition coefficient (Wildman–Crippen LogP) is 3.28. The molecular formula is C14H25N3OS. The summed E-state index contributed by atoms with van der Waals surface area (Å²) in [5, 5.41) is 13.9. The van der Waals surface area contributed by atoms with E-state index in [1.54, 1.807) is 18.7 Å². The zero-order chi connectivity index (χ0) is 14.4. The number of aliphatic hydroxyl groups is 1. The summed E-state index contributed by atoms with van der Waals surface area (Å²) in [6.07, 6.45) is 0.711. The Kier molecular flexibility index (Phi) is 6.58. The van der Waals surface area contributed by atoms with E-state index in [1.807, 2.05) is 13.0 Å². The molecule has 0 aliphatic rings. The van der Waals surface area contributed by atoms with Crippen LogP contribution in [-0.4, -0.2) is 33.0 Å². The number of anilines is 1. The minimum Gasteiger partial charge on any atom is -0.392 e. The maximum Gasteiger partial charge on any atom is 0.134 e. The fourth-order valence-corrected chi connectivity index (χ4v) is 2.30. The first kappa shape index (κ1) is 16.2. The highest BCUT2D eigenvalue weighted by Crippen LogP contribution is 2.26. The molecule has 1 rings (SSSR count). The van der Waals surface area contributed by atoms with Crippen LogP contribution in [0, 0.1) is 0 Å². The third-order valence-electron chi connectivity index (χ3n) is 2.78. The molecule has 0 aromatic carbocycles. The average Bonchev–Trinajstić information content (AvgIpc) is 2.35. The molecule has 5 heteroatoms. The van der Waals surface area contributed by atoms with Crippen LogP contribution in [0.5, 0.6) is 0 Å². The molecule has 19 heavy (non-hydrogen) atoms. The average molecular weight is 283 g/mol. The molecule has 0 spiro atoms. The van der Waals surface area contributed by atoms with Gasteiger partial charge in [0.25, 0.3) is 0 Å². The second-order valence-electron chi connectivity index (χ2n) is 5.09. The van der Waals surface area contributed by atoms with Gasteiger partial charge in [0.2, 0.25) is 0 Å². The van der Waals surface area contributed by atoms with Crippen molar-refractivity contribution in [2.45, 2.75) is 63.3 Å². The Hall–Kier alpha value is -0.810. The van der Waals surface area contributed by atoms with E-state index in [2.05, 4.69) is 36.1 Å². The van der Waals surface area contributed by atoms with Gasteiger partial charge >= 0.3 is 0 Å². The highest BCUT2D eigenvalue weighted by atomic mass is 32.2. The van der Waals surface area contributed by atoms with E-state index in [0.29, 0.717) is 5.92 Å². The molecule has 0 saturated heterocycles. The Morgan fingerprint density at radius 1 is 1.26 bits per heavy atom. The van der Waals surface area contributed by atoms with Crippen LogP contribution < -0.4 is 5.32 Å². The smallest absolute Gasteiger partial charge is 0.134 e. The minimum atomic E-state index is -0.352. The molecule has 1 aromatic heterocycles. The number of aromatic nitrogens is 2. The number of hydrogen-bond acceptors (Lipinski definition) is 5. The quantitative estimate of drug-likeness (QED) is 0.594. The molecular weight excluding hydrogens is 258 g/mol. The summed E-state index contributed by atoms with van der Waals surface area (Å²) in [4.78, 5) is 9.09. The molecule has 0 radical (unpaired) electrons. The number of nitrogens with one attached hydrogen (secondary N) is 1. The molecule has 4 nitrogen and oxygen atoms in total. The summed E-state index contributed by atoms with van der Waals surface area (Å²) < 4.78 is 0. The van der Waals surface area contributed by atoms with Crippen molar-refractivity contribution in [1.29, 1.82) is 0 Å². The Balaban J connectivity index is 2.92. The molecule has 0 aliphatic carbocycles. The van der Waals surface area contributed by atoms with Crippen molar-refractivity contribution in [2.24, 2.45) is 0 Å². The van der Waals surface area contributed by atoms with E-state index in [-0.39, 0.29) is 11.4 Å². The monoisotopic (exact) mass is 283 g/mol. The molecule has 0 aliphatic heterocycles. The normalized spacial score (nSPS) is 14.5. The Labute approximate surface area is 120 Å². The van der Waals surface area contributed by atoms with Gasteiger partial charge in [0, 0.05) is 23.8 Å². The third kappa shape index (κ3) is 5.37. The first-order chi connectivity index (χ1) is 8.93. The summed E-state index contributed by atoms with van der Waals surface area (Å²) in [5.41, 5.74) is 0. The molecule has 1 heterocycles. The van der Waals surface area contributed by atoms with Crippen molar-refractivity contribution in [3.8, 4) is 0 Å². The summed E-state index contributed by atoms with van der Waals surface area (Å²) in [5.74, 6) is 2.02. The second kappa shape index (κ2) is 7.70. The van der Waals surface area contributed by atoms with E-state index < -0.39 is 0 Å². The number of nitrogens with zero attached hydrogens (tertiary/aromatic N) is 2. The van der Waals surface area contributed by atoms with E-state index in [0.717, 1.165) is 29.6 Å². The van der Waals surface area contributed by atoms with Crippen molar-refractivity contribution in [1.82, 2.24) is 9.97 Å². The molecule has 2 atom stereocenters. The SMILES string of the molecule is CCCNc1cc(SC(C)C(C)O)nc(C(C)C)n1. The number of hydrogen-bond donors (Lipinski definition) is 2. The first-order valence-electron chi connectivity index (χ1n) is 6.91. The van der Waals surface area contributed by atoms with Crippen LogP contribution in [0.15, 0.2) is 11.1 Å². The van der Waals surface area contributed by atoms with Crippen LogP contribution in [0.4, 0.5) is 5.82 Å².